The van der Waals surface area contributed by atoms with Crippen LogP contribution in [0.1, 0.15) is 175 Å². The Morgan fingerprint density at radius 1 is 0.155 bits per heavy atom. The summed E-state index contributed by atoms with van der Waals surface area (Å²) < 4.78 is 0. The molecule has 0 spiro atoms. The van der Waals surface area contributed by atoms with Crippen LogP contribution in [0.25, 0.3) is 143 Å². The van der Waals surface area contributed by atoms with Gasteiger partial charge < -0.3 is 0 Å². The number of benzene rings is 14. The van der Waals surface area contributed by atoms with E-state index in [4.69, 9.17) is 0 Å². The lowest BCUT2D eigenvalue weighted by atomic mass is 9.77. The van der Waals surface area contributed by atoms with Gasteiger partial charge in [0.2, 0.25) is 0 Å². The summed E-state index contributed by atoms with van der Waals surface area (Å²) in [6.45, 7) is 34.5. The van der Waals surface area contributed by atoms with Gasteiger partial charge in [-0.3, -0.25) is 0 Å². The minimum Gasteiger partial charge on any atom is -0.0619 e. The second-order valence-electron chi connectivity index (χ2n) is 33.8. The van der Waals surface area contributed by atoms with E-state index >= 15 is 0 Å². The van der Waals surface area contributed by atoms with Crippen molar-refractivity contribution in [1.82, 2.24) is 0 Å². The lowest BCUT2D eigenvalue weighted by molar-refractivity contribution is 0.649. The van der Waals surface area contributed by atoms with Gasteiger partial charge in [-0.05, 0) is 294 Å². The van der Waals surface area contributed by atoms with Crippen molar-refractivity contribution in [2.45, 2.75) is 135 Å². The quantitative estimate of drug-likeness (QED) is 0.162. The molecule has 0 N–H and O–H groups in total. The zero-order valence-corrected chi connectivity index (χ0v) is 58.3. The van der Waals surface area contributed by atoms with Crippen LogP contribution < -0.4 is 0 Å². The zero-order chi connectivity index (χ0) is 66.0. The molecule has 0 unspecified atom stereocenters. The van der Waals surface area contributed by atoms with E-state index in [1.54, 1.807) is 0 Å². The highest BCUT2D eigenvalue weighted by atomic mass is 14.5. The largest absolute Gasteiger partial charge is 0.0619 e. The van der Waals surface area contributed by atoms with Crippen molar-refractivity contribution in [2.75, 3.05) is 0 Å². The van der Waals surface area contributed by atoms with Crippen molar-refractivity contribution in [3.8, 4) is 100 Å². The lowest BCUT2D eigenvalue weighted by Gasteiger charge is -2.26. The van der Waals surface area contributed by atoms with Crippen LogP contribution in [-0.4, -0.2) is 0 Å². The molecule has 0 atom stereocenters. The molecule has 97 heavy (non-hydrogen) atoms. The standard InChI is InChI=1S/C97H78/c1-91(2)73-34-24-23-30-57(73)65-43-81-70(48-76(65)91)89-60-32-21-18-28-55(60)63(41-85(89)96(81,11)12)64-42-86-90(61-33-22-19-29-56(61)64)72-50-79-68(46-83(72)97(86,13)14)67-45-82-71(49-78(67)94(79,7)8)88-59-31-20-17-27-54(59)62(40-84(88)95(82,9)10)52-35-37-58-66-44-80-69(47-77(66)93(5,6)75(58)39-52)87-53-26-16-15-25-51(53)36-38-74(87)92(80,3)4/h15-50H,1-14H3. The normalized spacial score (nSPS) is 17.8. The molecule has 0 heterocycles. The summed E-state index contributed by atoms with van der Waals surface area (Å²) in [5, 5.41) is 10.6. The molecule has 466 valence electrons. The first kappa shape index (κ1) is 56.3. The Morgan fingerprint density at radius 2 is 0.433 bits per heavy atom. The van der Waals surface area contributed by atoms with Crippen molar-refractivity contribution in [1.29, 1.82) is 0 Å². The first-order valence-corrected chi connectivity index (χ1v) is 35.6. The van der Waals surface area contributed by atoms with Crippen LogP contribution in [0.3, 0.4) is 0 Å². The van der Waals surface area contributed by atoms with Gasteiger partial charge in [-0.1, -0.05) is 243 Å². The van der Waals surface area contributed by atoms with Crippen LogP contribution in [-0.2, 0) is 37.9 Å². The minimum atomic E-state index is -0.271. The molecule has 14 aromatic carbocycles. The van der Waals surface area contributed by atoms with E-state index in [2.05, 4.69) is 315 Å². The fourth-order valence-electron chi connectivity index (χ4n) is 21.2. The van der Waals surface area contributed by atoms with Crippen LogP contribution in [0, 0.1) is 0 Å². The first-order valence-electron chi connectivity index (χ1n) is 35.6. The van der Waals surface area contributed by atoms with E-state index in [1.165, 1.54) is 221 Å². The van der Waals surface area contributed by atoms with Crippen molar-refractivity contribution in [3.63, 3.8) is 0 Å². The van der Waals surface area contributed by atoms with E-state index in [0.29, 0.717) is 0 Å². The van der Waals surface area contributed by atoms with Gasteiger partial charge in [0.1, 0.15) is 0 Å². The third-order valence-electron chi connectivity index (χ3n) is 26.6. The molecule has 14 aromatic rings. The SMILES string of the molecule is CC1(C)c2cc(-c3cc4c(c5ccccc35)-c3cc5c(cc3C4(C)C)-c3cc4c(cc3C5(C)C)-c3c(cc(-c5cc6c(c7ccccc57)-c5cc7c(cc5C6(C)C)-c5ccccc5C7(C)C)c5ccccc35)C4(C)C)ccc2-c2cc3c(cc21)-c1c(ccc2ccccc12)C3(C)C. The number of hydrogen-bond donors (Lipinski definition) is 0. The smallest absolute Gasteiger partial charge is 0.0159 e. The van der Waals surface area contributed by atoms with E-state index in [9.17, 15) is 0 Å². The summed E-state index contributed by atoms with van der Waals surface area (Å²) in [5.74, 6) is 0. The third kappa shape index (κ3) is 6.63. The zero-order valence-electron chi connectivity index (χ0n) is 58.3. The van der Waals surface area contributed by atoms with Gasteiger partial charge in [0.25, 0.3) is 0 Å². The van der Waals surface area contributed by atoms with Crippen molar-refractivity contribution in [2.24, 2.45) is 0 Å². The van der Waals surface area contributed by atoms with Crippen molar-refractivity contribution >= 4 is 43.1 Å². The maximum Gasteiger partial charge on any atom is 0.0159 e. The van der Waals surface area contributed by atoms with Crippen LogP contribution in [0.2, 0.25) is 0 Å². The molecule has 0 aliphatic heterocycles. The maximum absolute atomic E-state index is 2.65. The molecule has 7 aliphatic carbocycles. The monoisotopic (exact) mass is 1240 g/mol. The fourth-order valence-corrected chi connectivity index (χ4v) is 21.2. The Hall–Kier alpha value is -9.88. The van der Waals surface area contributed by atoms with Crippen LogP contribution >= 0.6 is 0 Å². The summed E-state index contributed by atoms with van der Waals surface area (Å²) in [7, 11) is 0. The molecule has 0 bridgehead atoms. The molecule has 0 saturated carbocycles. The predicted octanol–water partition coefficient (Wildman–Crippen LogP) is 25.8. The summed E-state index contributed by atoms with van der Waals surface area (Å²) >= 11 is 0. The Bertz CT molecular complexity index is 6130. The van der Waals surface area contributed by atoms with Crippen LogP contribution in [0.15, 0.2) is 218 Å². The second-order valence-corrected chi connectivity index (χ2v) is 33.8. The maximum atomic E-state index is 2.65. The Kier molecular flexibility index (Phi) is 10.2. The predicted molar refractivity (Wildman–Crippen MR) is 410 cm³/mol. The lowest BCUT2D eigenvalue weighted by Crippen LogP contribution is -2.17. The van der Waals surface area contributed by atoms with Gasteiger partial charge >= 0.3 is 0 Å². The molecule has 21 rings (SSSR count). The van der Waals surface area contributed by atoms with Gasteiger partial charge in [-0.25, -0.2) is 0 Å². The fraction of sp³-hybridized carbons (Fsp3) is 0.216. The topological polar surface area (TPSA) is 0 Å². The molecular weight excluding hydrogens is 1170 g/mol. The molecule has 0 heteroatoms. The molecule has 0 nitrogen and oxygen atoms in total. The average Bonchev–Trinajstić information content (AvgIpc) is 1.53. The van der Waals surface area contributed by atoms with Gasteiger partial charge in [-0.15, -0.1) is 0 Å². The number of rotatable bonds is 2. The molecule has 0 saturated heterocycles. The van der Waals surface area contributed by atoms with Gasteiger partial charge in [0.05, 0.1) is 0 Å². The molecule has 0 radical (unpaired) electrons. The van der Waals surface area contributed by atoms with E-state index in [0.717, 1.165) is 0 Å². The second kappa shape index (κ2) is 17.6. The average molecular weight is 1240 g/mol. The number of hydrogen-bond acceptors (Lipinski definition) is 0. The van der Waals surface area contributed by atoms with Crippen LogP contribution in [0.4, 0.5) is 0 Å². The van der Waals surface area contributed by atoms with E-state index in [1.807, 2.05) is 0 Å². The Morgan fingerprint density at radius 3 is 0.887 bits per heavy atom. The molecular formula is C97H78. The number of fused-ring (bicyclic) bond motifs is 29. The van der Waals surface area contributed by atoms with Gasteiger partial charge in [-0.2, -0.15) is 0 Å². The summed E-state index contributed by atoms with van der Waals surface area (Å²) in [6, 6.07) is 86.9. The molecule has 0 amide bonds. The summed E-state index contributed by atoms with van der Waals surface area (Å²) in [4.78, 5) is 0. The van der Waals surface area contributed by atoms with E-state index < -0.39 is 0 Å². The Labute approximate surface area is 570 Å². The summed E-state index contributed by atoms with van der Waals surface area (Å²) in [6.07, 6.45) is 0. The molecule has 0 aromatic heterocycles. The van der Waals surface area contributed by atoms with Crippen LogP contribution in [0.5, 0.6) is 0 Å². The Balaban J connectivity index is 0.674. The first-order chi connectivity index (χ1) is 46.4. The minimum absolute atomic E-state index is 0.0784. The van der Waals surface area contributed by atoms with Gasteiger partial charge in [0, 0.05) is 37.9 Å². The molecule has 0 fully saturated rings. The molecule has 7 aliphatic rings. The summed E-state index contributed by atoms with van der Waals surface area (Å²) in [5.41, 5.74) is 43.4. The van der Waals surface area contributed by atoms with E-state index in [-0.39, 0.29) is 37.9 Å². The highest BCUT2D eigenvalue weighted by molar-refractivity contribution is 6.17. The highest BCUT2D eigenvalue weighted by Gasteiger charge is 2.49. The van der Waals surface area contributed by atoms with Crippen molar-refractivity contribution < 1.29 is 0 Å². The van der Waals surface area contributed by atoms with Gasteiger partial charge in [0.15, 0.2) is 0 Å². The van der Waals surface area contributed by atoms with Crippen molar-refractivity contribution in [3.05, 3.63) is 296 Å². The highest BCUT2D eigenvalue weighted by Crippen LogP contribution is 2.65. The third-order valence-corrected chi connectivity index (χ3v) is 26.6.